The van der Waals surface area contributed by atoms with E-state index >= 15 is 0 Å². The molecule has 1 N–H and O–H groups in total. The summed E-state index contributed by atoms with van der Waals surface area (Å²) >= 11 is 0. The lowest BCUT2D eigenvalue weighted by atomic mass is 9.99. The fourth-order valence-corrected chi connectivity index (χ4v) is 2.60. The van der Waals surface area contributed by atoms with Crippen molar-refractivity contribution in [3.8, 4) is 0 Å². The highest BCUT2D eigenvalue weighted by Crippen LogP contribution is 2.12. The van der Waals surface area contributed by atoms with Crippen LogP contribution in [-0.4, -0.2) is 61.7 Å². The molecule has 0 aliphatic carbocycles. The van der Waals surface area contributed by atoms with E-state index in [4.69, 9.17) is 0 Å². The molecule has 0 aromatic rings. The summed E-state index contributed by atoms with van der Waals surface area (Å²) in [5, 5.41) is 3.35. The van der Waals surface area contributed by atoms with Gasteiger partial charge in [0, 0.05) is 32.2 Å². The molecule has 0 spiro atoms. The van der Waals surface area contributed by atoms with Gasteiger partial charge < -0.3 is 10.2 Å². The monoisotopic (exact) mass is 225 g/mol. The van der Waals surface area contributed by atoms with Crippen molar-refractivity contribution in [1.29, 1.82) is 0 Å². The third-order valence-electron chi connectivity index (χ3n) is 4.34. The predicted octanol–water partition coefficient (Wildman–Crippen LogP) is 1.01. The van der Waals surface area contributed by atoms with Gasteiger partial charge in [0.15, 0.2) is 0 Å². The molecule has 2 fully saturated rings. The minimum Gasteiger partial charge on any atom is -0.316 e. The van der Waals surface area contributed by atoms with E-state index < -0.39 is 0 Å². The third-order valence-corrected chi connectivity index (χ3v) is 4.34. The first-order valence-electron chi connectivity index (χ1n) is 6.96. The summed E-state index contributed by atoms with van der Waals surface area (Å²) < 4.78 is 0. The molecule has 3 heteroatoms. The Balaban J connectivity index is 1.60. The summed E-state index contributed by atoms with van der Waals surface area (Å²) in [7, 11) is 0. The second kappa shape index (κ2) is 5.99. The van der Waals surface area contributed by atoms with Gasteiger partial charge in [0.2, 0.25) is 0 Å². The maximum absolute atomic E-state index is 3.35. The fraction of sp³-hybridized carbons (Fsp3) is 1.00. The zero-order chi connectivity index (χ0) is 11.4. The van der Waals surface area contributed by atoms with E-state index in [9.17, 15) is 0 Å². The molecule has 1 unspecified atom stereocenters. The van der Waals surface area contributed by atoms with Crippen molar-refractivity contribution in [2.75, 3.05) is 45.8 Å². The van der Waals surface area contributed by atoms with Gasteiger partial charge in [0.05, 0.1) is 0 Å². The van der Waals surface area contributed by atoms with Crippen LogP contribution in [0.4, 0.5) is 0 Å². The van der Waals surface area contributed by atoms with Gasteiger partial charge >= 0.3 is 0 Å². The molecule has 2 aliphatic heterocycles. The molecule has 2 rings (SSSR count). The standard InChI is InChI=1S/C13H27N3/c1-3-12(2)16-8-6-15(7-9-16)5-4-13-10-14-11-13/h12-14H,3-11H2,1-2H3. The first-order chi connectivity index (χ1) is 7.79. The van der Waals surface area contributed by atoms with Crippen LogP contribution in [0.3, 0.4) is 0 Å². The van der Waals surface area contributed by atoms with Crippen molar-refractivity contribution < 1.29 is 0 Å². The molecule has 0 bridgehead atoms. The fourth-order valence-electron chi connectivity index (χ4n) is 2.60. The largest absolute Gasteiger partial charge is 0.316 e. The number of nitrogens with one attached hydrogen (secondary N) is 1. The lowest BCUT2D eigenvalue weighted by Gasteiger charge is -2.39. The Morgan fingerprint density at radius 2 is 1.88 bits per heavy atom. The molecule has 0 saturated carbocycles. The van der Waals surface area contributed by atoms with E-state index in [1.165, 1.54) is 58.7 Å². The van der Waals surface area contributed by atoms with Crippen LogP contribution in [0.25, 0.3) is 0 Å². The van der Waals surface area contributed by atoms with Crippen molar-refractivity contribution in [1.82, 2.24) is 15.1 Å². The highest BCUT2D eigenvalue weighted by molar-refractivity contribution is 4.79. The van der Waals surface area contributed by atoms with Gasteiger partial charge in [-0.25, -0.2) is 0 Å². The quantitative estimate of drug-likeness (QED) is 0.753. The number of hydrogen-bond acceptors (Lipinski definition) is 3. The molecule has 2 saturated heterocycles. The lowest BCUT2D eigenvalue weighted by Crippen LogP contribution is -2.50. The minimum absolute atomic E-state index is 0.776. The molecule has 3 nitrogen and oxygen atoms in total. The average molecular weight is 225 g/mol. The van der Waals surface area contributed by atoms with Crippen molar-refractivity contribution in [2.24, 2.45) is 5.92 Å². The van der Waals surface area contributed by atoms with Crippen molar-refractivity contribution in [2.45, 2.75) is 32.7 Å². The molecular formula is C13H27N3. The Hall–Kier alpha value is -0.120. The van der Waals surface area contributed by atoms with Crippen molar-refractivity contribution in [3.63, 3.8) is 0 Å². The van der Waals surface area contributed by atoms with Crippen LogP contribution in [-0.2, 0) is 0 Å². The molecule has 94 valence electrons. The molecule has 0 aromatic carbocycles. The van der Waals surface area contributed by atoms with Gasteiger partial charge in [-0.3, -0.25) is 4.90 Å². The third kappa shape index (κ3) is 3.19. The SMILES string of the molecule is CCC(C)N1CCN(CCC2CNC2)CC1. The summed E-state index contributed by atoms with van der Waals surface area (Å²) in [6.07, 6.45) is 2.68. The predicted molar refractivity (Wildman–Crippen MR) is 68.7 cm³/mol. The van der Waals surface area contributed by atoms with E-state index in [0.717, 1.165) is 12.0 Å². The number of nitrogens with zero attached hydrogens (tertiary/aromatic N) is 2. The molecule has 0 radical (unpaired) electrons. The Labute approximate surface area is 100 Å². The van der Waals surface area contributed by atoms with Gasteiger partial charge in [-0.05, 0) is 45.3 Å². The summed E-state index contributed by atoms with van der Waals surface area (Å²) in [4.78, 5) is 5.29. The second-order valence-corrected chi connectivity index (χ2v) is 5.45. The zero-order valence-corrected chi connectivity index (χ0v) is 10.9. The molecule has 16 heavy (non-hydrogen) atoms. The van der Waals surface area contributed by atoms with Crippen LogP contribution in [0.15, 0.2) is 0 Å². The van der Waals surface area contributed by atoms with E-state index in [-0.39, 0.29) is 0 Å². The van der Waals surface area contributed by atoms with Crippen molar-refractivity contribution in [3.05, 3.63) is 0 Å². The Kier molecular flexibility index (Phi) is 4.62. The Morgan fingerprint density at radius 3 is 2.38 bits per heavy atom. The highest BCUT2D eigenvalue weighted by Gasteiger charge is 2.22. The van der Waals surface area contributed by atoms with Gasteiger partial charge in [-0.2, -0.15) is 0 Å². The number of piperazine rings is 1. The maximum atomic E-state index is 3.35. The molecular weight excluding hydrogens is 198 g/mol. The van der Waals surface area contributed by atoms with Crippen LogP contribution in [0, 0.1) is 5.92 Å². The smallest absolute Gasteiger partial charge is 0.0113 e. The van der Waals surface area contributed by atoms with Gasteiger partial charge in [0.1, 0.15) is 0 Å². The number of hydrogen-bond donors (Lipinski definition) is 1. The Bertz CT molecular complexity index is 195. The first-order valence-corrected chi connectivity index (χ1v) is 6.96. The molecule has 1 atom stereocenters. The lowest BCUT2D eigenvalue weighted by molar-refractivity contribution is 0.0942. The minimum atomic E-state index is 0.776. The molecule has 2 aliphatic rings. The molecule has 0 amide bonds. The van der Waals surface area contributed by atoms with Gasteiger partial charge in [-0.1, -0.05) is 6.92 Å². The second-order valence-electron chi connectivity index (χ2n) is 5.45. The molecule has 0 aromatic heterocycles. The van der Waals surface area contributed by atoms with E-state index in [1.807, 2.05) is 0 Å². The van der Waals surface area contributed by atoms with E-state index in [0.29, 0.717) is 0 Å². The normalized spacial score (nSPS) is 26.6. The van der Waals surface area contributed by atoms with Crippen LogP contribution in [0.2, 0.25) is 0 Å². The van der Waals surface area contributed by atoms with Crippen LogP contribution in [0.1, 0.15) is 26.7 Å². The molecule has 2 heterocycles. The highest BCUT2D eigenvalue weighted by atomic mass is 15.3. The summed E-state index contributed by atoms with van der Waals surface area (Å²) in [5.41, 5.74) is 0. The van der Waals surface area contributed by atoms with Crippen molar-refractivity contribution >= 4 is 0 Å². The zero-order valence-electron chi connectivity index (χ0n) is 10.9. The average Bonchev–Trinajstić information content (AvgIpc) is 2.27. The Morgan fingerprint density at radius 1 is 1.19 bits per heavy atom. The van der Waals surface area contributed by atoms with Crippen LogP contribution >= 0.6 is 0 Å². The summed E-state index contributed by atoms with van der Waals surface area (Å²) in [5.74, 6) is 0.965. The van der Waals surface area contributed by atoms with E-state index in [2.05, 4.69) is 29.0 Å². The number of rotatable bonds is 5. The van der Waals surface area contributed by atoms with Crippen LogP contribution < -0.4 is 5.32 Å². The topological polar surface area (TPSA) is 18.5 Å². The first kappa shape index (κ1) is 12.3. The van der Waals surface area contributed by atoms with Gasteiger partial charge in [0.25, 0.3) is 0 Å². The summed E-state index contributed by atoms with van der Waals surface area (Å²) in [6, 6.07) is 0.776. The van der Waals surface area contributed by atoms with Crippen LogP contribution in [0.5, 0.6) is 0 Å². The maximum Gasteiger partial charge on any atom is 0.0113 e. The summed E-state index contributed by atoms with van der Waals surface area (Å²) in [6.45, 7) is 13.6. The van der Waals surface area contributed by atoms with Gasteiger partial charge in [-0.15, -0.1) is 0 Å². The van der Waals surface area contributed by atoms with E-state index in [1.54, 1.807) is 0 Å².